The van der Waals surface area contributed by atoms with Gasteiger partial charge in [-0.2, -0.15) is 0 Å². The van der Waals surface area contributed by atoms with Crippen LogP contribution >= 0.6 is 0 Å². The summed E-state index contributed by atoms with van der Waals surface area (Å²) in [6, 6.07) is 9.93. The Hall–Kier alpha value is -2.83. The molecule has 0 unspecified atom stereocenters. The van der Waals surface area contributed by atoms with Gasteiger partial charge in [0.25, 0.3) is 5.89 Å². The van der Waals surface area contributed by atoms with E-state index in [4.69, 9.17) is 13.9 Å². The molecule has 2 heterocycles. The van der Waals surface area contributed by atoms with Gasteiger partial charge in [-0.15, -0.1) is 5.10 Å². The van der Waals surface area contributed by atoms with Crippen molar-refractivity contribution in [1.82, 2.24) is 15.1 Å². The molecule has 1 fully saturated rings. The van der Waals surface area contributed by atoms with Crippen LogP contribution in [-0.4, -0.2) is 47.0 Å². The highest BCUT2D eigenvalue weighted by atomic mass is 16.6. The summed E-state index contributed by atoms with van der Waals surface area (Å²) >= 11 is 0. The molecule has 0 bridgehead atoms. The summed E-state index contributed by atoms with van der Waals surface area (Å²) in [5.41, 5.74) is 2.59. The van der Waals surface area contributed by atoms with Gasteiger partial charge in [0, 0.05) is 18.7 Å². The lowest BCUT2D eigenvalue weighted by Gasteiger charge is -2.31. The maximum absolute atomic E-state index is 12.3. The summed E-state index contributed by atoms with van der Waals surface area (Å²) in [6.07, 6.45) is 1.29. The predicted octanol–water partition coefficient (Wildman–Crippen LogP) is 3.91. The Labute approximate surface area is 159 Å². The zero-order valence-electron chi connectivity index (χ0n) is 16.2. The van der Waals surface area contributed by atoms with Crippen LogP contribution in [-0.2, 0) is 4.74 Å². The Morgan fingerprint density at radius 2 is 1.78 bits per heavy atom. The van der Waals surface area contributed by atoms with Gasteiger partial charge in [-0.25, -0.2) is 4.79 Å². The van der Waals surface area contributed by atoms with E-state index >= 15 is 0 Å². The molecule has 1 saturated heterocycles. The molecule has 0 atom stereocenters. The van der Waals surface area contributed by atoms with Crippen molar-refractivity contribution in [2.24, 2.45) is 0 Å². The monoisotopic (exact) mass is 371 g/mol. The van der Waals surface area contributed by atoms with Crippen molar-refractivity contribution in [2.45, 2.75) is 39.2 Å². The summed E-state index contributed by atoms with van der Waals surface area (Å²) in [5, 5.41) is 8.04. The largest absolute Gasteiger partial charge is 0.452 e. The number of carbonyl (C=O) groups is 1. The van der Waals surface area contributed by atoms with Crippen molar-refractivity contribution in [3.63, 3.8) is 0 Å². The standard InChI is InChI=1S/C20H25N3O4/c1-20(2,3)27-19(24)23-12-10-15(11-13-23)16(14-8-6-5-7-9-14)17-21-22-18(25-4)26-17/h5-9H,10-13H2,1-4H3. The molecule has 0 saturated carbocycles. The van der Waals surface area contributed by atoms with Crippen LogP contribution in [0.1, 0.15) is 45.1 Å². The van der Waals surface area contributed by atoms with Crippen molar-refractivity contribution in [2.75, 3.05) is 20.2 Å². The minimum atomic E-state index is -0.497. The zero-order valence-corrected chi connectivity index (χ0v) is 16.2. The number of hydrogen-bond donors (Lipinski definition) is 0. The first-order valence-electron chi connectivity index (χ1n) is 9.00. The number of rotatable bonds is 3. The molecule has 7 heteroatoms. The highest BCUT2D eigenvalue weighted by Gasteiger charge is 2.27. The van der Waals surface area contributed by atoms with Gasteiger partial charge >= 0.3 is 12.2 Å². The number of aromatic nitrogens is 2. The van der Waals surface area contributed by atoms with E-state index in [1.165, 1.54) is 12.7 Å². The first-order valence-corrected chi connectivity index (χ1v) is 9.00. The average molecular weight is 371 g/mol. The molecule has 0 N–H and O–H groups in total. The summed E-state index contributed by atoms with van der Waals surface area (Å²) < 4.78 is 16.1. The fourth-order valence-corrected chi connectivity index (χ4v) is 3.01. The van der Waals surface area contributed by atoms with Gasteiger partial charge in [-0.3, -0.25) is 0 Å². The number of methoxy groups -OCH3 is 1. The van der Waals surface area contributed by atoms with Crippen molar-refractivity contribution in [3.05, 3.63) is 47.4 Å². The van der Waals surface area contributed by atoms with Gasteiger partial charge in [0.1, 0.15) is 5.60 Å². The molecule has 0 aliphatic carbocycles. The molecule has 0 radical (unpaired) electrons. The first-order chi connectivity index (χ1) is 12.9. The Bertz CT molecular complexity index is 811. The molecule has 1 aliphatic rings. The summed E-state index contributed by atoms with van der Waals surface area (Å²) in [4.78, 5) is 14.0. The van der Waals surface area contributed by atoms with Crippen LogP contribution < -0.4 is 4.74 Å². The van der Waals surface area contributed by atoms with Gasteiger partial charge in [-0.05, 0) is 39.2 Å². The third-order valence-electron chi connectivity index (χ3n) is 4.23. The molecule has 3 rings (SSSR count). The number of benzene rings is 1. The fourth-order valence-electron chi connectivity index (χ4n) is 3.01. The molecule has 1 amide bonds. The molecule has 2 aromatic rings. The first kappa shape index (κ1) is 18.9. The number of likely N-dealkylation sites (tertiary alicyclic amines) is 1. The highest BCUT2D eigenvalue weighted by molar-refractivity contribution is 5.78. The van der Waals surface area contributed by atoms with Crippen LogP contribution in [0.5, 0.6) is 6.08 Å². The maximum atomic E-state index is 12.3. The van der Waals surface area contributed by atoms with Crippen molar-refractivity contribution in [1.29, 1.82) is 0 Å². The Kier molecular flexibility index (Phi) is 5.48. The third-order valence-corrected chi connectivity index (χ3v) is 4.23. The van der Waals surface area contributed by atoms with Crippen LogP contribution in [0.15, 0.2) is 40.3 Å². The Balaban J connectivity index is 1.85. The van der Waals surface area contributed by atoms with Gasteiger partial charge in [-0.1, -0.05) is 41.0 Å². The van der Waals surface area contributed by atoms with Crippen molar-refractivity contribution in [3.8, 4) is 6.08 Å². The van der Waals surface area contributed by atoms with Gasteiger partial charge in [0.2, 0.25) is 0 Å². The van der Waals surface area contributed by atoms with E-state index in [2.05, 4.69) is 10.2 Å². The Morgan fingerprint density at radius 1 is 1.11 bits per heavy atom. The van der Waals surface area contributed by atoms with E-state index < -0.39 is 5.60 Å². The predicted molar refractivity (Wildman–Crippen MR) is 100 cm³/mol. The van der Waals surface area contributed by atoms with Gasteiger partial charge in [0.15, 0.2) is 0 Å². The number of ether oxygens (including phenoxy) is 2. The van der Waals surface area contributed by atoms with Crippen LogP contribution in [0.3, 0.4) is 0 Å². The van der Waals surface area contributed by atoms with E-state index in [1.807, 2.05) is 51.1 Å². The molecule has 1 aromatic heterocycles. The van der Waals surface area contributed by atoms with Gasteiger partial charge in [0.05, 0.1) is 7.11 Å². The van der Waals surface area contributed by atoms with Crippen LogP contribution in [0, 0.1) is 0 Å². The molecule has 7 nitrogen and oxygen atoms in total. The van der Waals surface area contributed by atoms with E-state index in [0.29, 0.717) is 31.8 Å². The third kappa shape index (κ3) is 4.67. The quantitative estimate of drug-likeness (QED) is 0.814. The molecule has 144 valence electrons. The van der Waals surface area contributed by atoms with Crippen molar-refractivity contribution >= 4 is 11.7 Å². The highest BCUT2D eigenvalue weighted by Crippen LogP contribution is 2.32. The average Bonchev–Trinajstić information content (AvgIpc) is 3.11. The fraction of sp³-hybridized carbons (Fsp3) is 0.450. The number of amides is 1. The van der Waals surface area contributed by atoms with E-state index in [1.54, 1.807) is 4.90 Å². The number of nitrogens with zero attached hydrogens (tertiary/aromatic N) is 3. The lowest BCUT2D eigenvalue weighted by molar-refractivity contribution is 0.0236. The lowest BCUT2D eigenvalue weighted by atomic mass is 9.93. The molecule has 1 aliphatic heterocycles. The maximum Gasteiger partial charge on any atom is 0.414 e. The SMILES string of the molecule is COc1nnc(C(=C2CCN(C(=O)OC(C)(C)C)CC2)c2ccccc2)o1. The molecule has 27 heavy (non-hydrogen) atoms. The topological polar surface area (TPSA) is 77.7 Å². The van der Waals surface area contributed by atoms with E-state index in [9.17, 15) is 4.79 Å². The lowest BCUT2D eigenvalue weighted by Crippen LogP contribution is -2.40. The second kappa shape index (κ2) is 7.82. The molecular weight excluding hydrogens is 346 g/mol. The molecule has 0 spiro atoms. The van der Waals surface area contributed by atoms with Gasteiger partial charge < -0.3 is 18.8 Å². The number of piperidine rings is 1. The van der Waals surface area contributed by atoms with Crippen LogP contribution in [0.4, 0.5) is 4.79 Å². The smallest absolute Gasteiger partial charge is 0.414 e. The normalized spacial score (nSPS) is 14.8. The Morgan fingerprint density at radius 3 is 2.33 bits per heavy atom. The van der Waals surface area contributed by atoms with E-state index in [0.717, 1.165) is 11.1 Å². The minimum Gasteiger partial charge on any atom is -0.452 e. The summed E-state index contributed by atoms with van der Waals surface area (Å²) in [5.74, 6) is 0.429. The minimum absolute atomic E-state index is 0.130. The zero-order chi connectivity index (χ0) is 19.4. The van der Waals surface area contributed by atoms with E-state index in [-0.39, 0.29) is 12.2 Å². The molecular formula is C20H25N3O4. The van der Waals surface area contributed by atoms with Crippen LogP contribution in [0.2, 0.25) is 0 Å². The molecule has 1 aromatic carbocycles. The van der Waals surface area contributed by atoms with Crippen LogP contribution in [0.25, 0.3) is 5.57 Å². The second-order valence-electron chi connectivity index (χ2n) is 7.39. The number of hydrogen-bond acceptors (Lipinski definition) is 6. The summed E-state index contributed by atoms with van der Waals surface area (Å²) in [7, 11) is 1.49. The summed E-state index contributed by atoms with van der Waals surface area (Å²) in [6.45, 7) is 6.79. The second-order valence-corrected chi connectivity index (χ2v) is 7.39. The number of carbonyl (C=O) groups excluding carboxylic acids is 1. The van der Waals surface area contributed by atoms with Crippen molar-refractivity contribution < 1.29 is 18.7 Å².